The van der Waals surface area contributed by atoms with E-state index in [1.165, 1.54) is 6.07 Å². The van der Waals surface area contributed by atoms with E-state index in [4.69, 9.17) is 9.31 Å². The summed E-state index contributed by atoms with van der Waals surface area (Å²) in [6, 6.07) is 4.19. The first-order valence-corrected chi connectivity index (χ1v) is 6.47. The molecule has 2 rings (SSSR count). The molecular weight excluding hydrogens is 268 g/mol. The van der Waals surface area contributed by atoms with Gasteiger partial charge in [-0.3, -0.25) is 0 Å². The number of benzene rings is 1. The highest BCUT2D eigenvalue weighted by molar-refractivity contribution is 6.62. The van der Waals surface area contributed by atoms with Crippen molar-refractivity contribution >= 4 is 12.6 Å². The molecule has 0 N–H and O–H groups in total. The summed E-state index contributed by atoms with van der Waals surface area (Å²) in [6.07, 6.45) is -4.43. The Morgan fingerprint density at radius 3 is 1.95 bits per heavy atom. The fraction of sp³-hybridized carbons (Fsp3) is 0.571. The third-order valence-electron chi connectivity index (χ3n) is 4.02. The summed E-state index contributed by atoms with van der Waals surface area (Å²) in [6.45, 7) is 8.88. The molecule has 2 nitrogen and oxygen atoms in total. The zero-order valence-electron chi connectivity index (χ0n) is 12.3. The van der Waals surface area contributed by atoms with Gasteiger partial charge in [0, 0.05) is 0 Å². The SMILES string of the molecule is Cc1ccc(B2OC(C)(C)C(C)(C)O2)c(C(F)(F)F)c1. The van der Waals surface area contributed by atoms with Crippen molar-refractivity contribution in [2.75, 3.05) is 0 Å². The Kier molecular flexibility index (Phi) is 3.46. The van der Waals surface area contributed by atoms with E-state index >= 15 is 0 Å². The van der Waals surface area contributed by atoms with Crippen molar-refractivity contribution in [2.45, 2.75) is 52.0 Å². The second-order valence-corrected chi connectivity index (χ2v) is 6.18. The quantitative estimate of drug-likeness (QED) is 0.737. The molecule has 1 fully saturated rings. The molecule has 1 aromatic carbocycles. The van der Waals surface area contributed by atoms with Gasteiger partial charge in [0.15, 0.2) is 0 Å². The lowest BCUT2D eigenvalue weighted by Gasteiger charge is -2.32. The molecule has 110 valence electrons. The van der Waals surface area contributed by atoms with Crippen molar-refractivity contribution in [1.29, 1.82) is 0 Å². The molecule has 0 amide bonds. The largest absolute Gasteiger partial charge is 0.495 e. The van der Waals surface area contributed by atoms with E-state index < -0.39 is 30.1 Å². The van der Waals surface area contributed by atoms with Crippen LogP contribution in [0.15, 0.2) is 18.2 Å². The minimum absolute atomic E-state index is 0.0294. The van der Waals surface area contributed by atoms with Crippen LogP contribution in [0.2, 0.25) is 0 Å². The summed E-state index contributed by atoms with van der Waals surface area (Å²) in [4.78, 5) is 0. The molecule has 1 aliphatic heterocycles. The predicted molar refractivity (Wildman–Crippen MR) is 71.9 cm³/mol. The minimum Gasteiger partial charge on any atom is -0.399 e. The van der Waals surface area contributed by atoms with Gasteiger partial charge in [-0.1, -0.05) is 17.7 Å². The molecule has 1 saturated heterocycles. The number of rotatable bonds is 1. The lowest BCUT2D eigenvalue weighted by molar-refractivity contribution is -0.136. The van der Waals surface area contributed by atoms with E-state index in [2.05, 4.69) is 0 Å². The Morgan fingerprint density at radius 1 is 1.00 bits per heavy atom. The lowest BCUT2D eigenvalue weighted by atomic mass is 9.75. The van der Waals surface area contributed by atoms with E-state index in [-0.39, 0.29) is 5.46 Å². The molecule has 6 heteroatoms. The first kappa shape index (κ1) is 15.4. The molecule has 1 heterocycles. The fourth-order valence-corrected chi connectivity index (χ4v) is 2.09. The summed E-state index contributed by atoms with van der Waals surface area (Å²) in [5, 5.41) is 0. The van der Waals surface area contributed by atoms with Gasteiger partial charge in [0.25, 0.3) is 0 Å². The number of aryl methyl sites for hydroxylation is 1. The van der Waals surface area contributed by atoms with Crippen LogP contribution in [0.1, 0.15) is 38.8 Å². The van der Waals surface area contributed by atoms with Crippen LogP contribution in [0.5, 0.6) is 0 Å². The molecule has 1 aromatic rings. The van der Waals surface area contributed by atoms with Crippen molar-refractivity contribution in [3.63, 3.8) is 0 Å². The molecule has 0 radical (unpaired) electrons. The van der Waals surface area contributed by atoms with Crippen molar-refractivity contribution in [1.82, 2.24) is 0 Å². The van der Waals surface area contributed by atoms with Crippen LogP contribution in [0.4, 0.5) is 13.2 Å². The molecule has 0 atom stereocenters. The molecule has 0 spiro atoms. The molecule has 1 aliphatic rings. The Labute approximate surface area is 117 Å². The smallest absolute Gasteiger partial charge is 0.399 e. The summed E-state index contributed by atoms with van der Waals surface area (Å²) in [5.74, 6) is 0. The molecule has 0 bridgehead atoms. The highest BCUT2D eigenvalue weighted by Gasteiger charge is 2.53. The normalized spacial score (nSPS) is 21.3. The first-order valence-electron chi connectivity index (χ1n) is 6.47. The molecule has 0 aliphatic carbocycles. The van der Waals surface area contributed by atoms with Crippen molar-refractivity contribution in [2.24, 2.45) is 0 Å². The van der Waals surface area contributed by atoms with Gasteiger partial charge in [0.05, 0.1) is 16.8 Å². The van der Waals surface area contributed by atoms with Gasteiger partial charge in [0.2, 0.25) is 0 Å². The number of halogens is 3. The number of hydrogen-bond donors (Lipinski definition) is 0. The van der Waals surface area contributed by atoms with E-state index in [9.17, 15) is 13.2 Å². The average molecular weight is 286 g/mol. The second kappa shape index (κ2) is 4.50. The highest BCUT2D eigenvalue weighted by atomic mass is 19.4. The Hall–Kier alpha value is -1.01. The first-order chi connectivity index (χ1) is 8.94. The van der Waals surface area contributed by atoms with Crippen LogP contribution in [0.3, 0.4) is 0 Å². The van der Waals surface area contributed by atoms with Crippen LogP contribution >= 0.6 is 0 Å². The van der Waals surface area contributed by atoms with Gasteiger partial charge < -0.3 is 9.31 Å². The Bertz CT molecular complexity index is 508. The minimum atomic E-state index is -4.43. The van der Waals surface area contributed by atoms with Gasteiger partial charge in [-0.25, -0.2) is 0 Å². The average Bonchev–Trinajstić information content (AvgIpc) is 2.46. The number of alkyl halides is 3. The summed E-state index contributed by atoms with van der Waals surface area (Å²) < 4.78 is 50.9. The fourth-order valence-electron chi connectivity index (χ4n) is 2.09. The van der Waals surface area contributed by atoms with E-state index in [0.717, 1.165) is 6.07 Å². The second-order valence-electron chi connectivity index (χ2n) is 6.18. The molecule has 0 saturated carbocycles. The van der Waals surface area contributed by atoms with Gasteiger partial charge in [-0.05, 0) is 46.1 Å². The standard InChI is InChI=1S/C14H18BF3O2/c1-9-6-7-11(10(8-9)14(16,17)18)15-19-12(2,3)13(4,5)20-15/h6-8H,1-5H3. The zero-order valence-corrected chi connectivity index (χ0v) is 12.3. The summed E-state index contributed by atoms with van der Waals surface area (Å²) >= 11 is 0. The van der Waals surface area contributed by atoms with E-state index in [1.807, 2.05) is 27.7 Å². The molecule has 0 aromatic heterocycles. The highest BCUT2D eigenvalue weighted by Crippen LogP contribution is 2.38. The molecule has 0 unspecified atom stereocenters. The van der Waals surface area contributed by atoms with Crippen LogP contribution in [0, 0.1) is 6.92 Å². The monoisotopic (exact) mass is 286 g/mol. The van der Waals surface area contributed by atoms with Gasteiger partial charge in [-0.15, -0.1) is 0 Å². The van der Waals surface area contributed by atoms with Gasteiger partial charge in [-0.2, -0.15) is 13.2 Å². The van der Waals surface area contributed by atoms with E-state index in [1.54, 1.807) is 13.0 Å². The Morgan fingerprint density at radius 2 is 1.50 bits per heavy atom. The topological polar surface area (TPSA) is 18.5 Å². The maximum Gasteiger partial charge on any atom is 0.495 e. The van der Waals surface area contributed by atoms with Crippen LogP contribution in [0.25, 0.3) is 0 Å². The van der Waals surface area contributed by atoms with Crippen molar-refractivity contribution in [3.8, 4) is 0 Å². The van der Waals surface area contributed by atoms with Crippen LogP contribution in [-0.2, 0) is 15.5 Å². The summed E-state index contributed by atoms with van der Waals surface area (Å²) in [5.41, 5.74) is -1.44. The molecule has 20 heavy (non-hydrogen) atoms. The number of hydrogen-bond acceptors (Lipinski definition) is 2. The van der Waals surface area contributed by atoms with Crippen LogP contribution < -0.4 is 5.46 Å². The van der Waals surface area contributed by atoms with Crippen molar-refractivity contribution in [3.05, 3.63) is 29.3 Å². The predicted octanol–water partition coefficient (Wildman–Crippen LogP) is 3.31. The third kappa shape index (κ3) is 2.59. The van der Waals surface area contributed by atoms with Gasteiger partial charge >= 0.3 is 13.3 Å². The Balaban J connectivity index is 2.46. The third-order valence-corrected chi connectivity index (χ3v) is 4.02. The lowest BCUT2D eigenvalue weighted by Crippen LogP contribution is -2.41. The van der Waals surface area contributed by atoms with Gasteiger partial charge in [0.1, 0.15) is 0 Å². The maximum atomic E-state index is 13.2. The summed E-state index contributed by atoms with van der Waals surface area (Å²) in [7, 11) is -1.00. The zero-order chi connectivity index (χ0) is 15.3. The van der Waals surface area contributed by atoms with Crippen molar-refractivity contribution < 1.29 is 22.5 Å². The van der Waals surface area contributed by atoms with E-state index in [0.29, 0.717) is 5.56 Å². The van der Waals surface area contributed by atoms with Crippen LogP contribution in [-0.4, -0.2) is 18.3 Å². The maximum absolute atomic E-state index is 13.2. The molecular formula is C14H18BF3O2.